The Morgan fingerprint density at radius 2 is 2.33 bits per heavy atom. The van der Waals surface area contributed by atoms with Crippen LogP contribution in [0.4, 0.5) is 0 Å². The van der Waals surface area contributed by atoms with Gasteiger partial charge in [-0.1, -0.05) is 13.0 Å². The van der Waals surface area contributed by atoms with E-state index in [1.54, 1.807) is 6.20 Å². The number of hydrogen-bond donors (Lipinski definition) is 0. The minimum absolute atomic E-state index is 0.781. The van der Waals surface area contributed by atoms with Crippen LogP contribution in [0.2, 0.25) is 0 Å². The first-order valence-corrected chi connectivity index (χ1v) is 4.69. The molecule has 12 heavy (non-hydrogen) atoms. The molecule has 0 aliphatic heterocycles. The van der Waals surface area contributed by atoms with Crippen molar-refractivity contribution in [2.45, 2.75) is 20.3 Å². The van der Waals surface area contributed by atoms with E-state index < -0.39 is 0 Å². The van der Waals surface area contributed by atoms with Crippen molar-refractivity contribution in [3.8, 4) is 0 Å². The van der Waals surface area contributed by atoms with Gasteiger partial charge in [-0.3, -0.25) is 4.98 Å². The molecule has 0 radical (unpaired) electrons. The average molecular weight is 227 g/mol. The van der Waals surface area contributed by atoms with E-state index >= 15 is 0 Å². The van der Waals surface area contributed by atoms with Crippen LogP contribution in [-0.4, -0.2) is 9.97 Å². The van der Waals surface area contributed by atoms with Gasteiger partial charge in [-0.05, 0) is 35.4 Å². The molecule has 1 rings (SSSR count). The highest BCUT2D eigenvalue weighted by atomic mass is 79.9. The maximum absolute atomic E-state index is 4.28. The van der Waals surface area contributed by atoms with Crippen molar-refractivity contribution in [3.05, 3.63) is 28.3 Å². The molecule has 0 aromatic carbocycles. The summed E-state index contributed by atoms with van der Waals surface area (Å²) < 4.78 is 0.781. The molecular formula is C9H11BrN2. The number of allylic oxidation sites excluding steroid dienone is 1. The van der Waals surface area contributed by atoms with Gasteiger partial charge in [0.1, 0.15) is 4.60 Å². The Bertz CT molecular complexity index is 295. The summed E-state index contributed by atoms with van der Waals surface area (Å²) in [5.74, 6) is 0. The van der Waals surface area contributed by atoms with E-state index in [2.05, 4.69) is 38.9 Å². The number of aromatic nitrogens is 2. The fourth-order valence-electron chi connectivity index (χ4n) is 0.828. The lowest BCUT2D eigenvalue weighted by Gasteiger charge is -1.97. The van der Waals surface area contributed by atoms with Crippen molar-refractivity contribution in [1.82, 2.24) is 9.97 Å². The monoisotopic (exact) mass is 226 g/mol. The summed E-state index contributed by atoms with van der Waals surface area (Å²) in [7, 11) is 0. The highest BCUT2D eigenvalue weighted by Crippen LogP contribution is 2.09. The molecule has 0 fully saturated rings. The largest absolute Gasteiger partial charge is 0.257 e. The van der Waals surface area contributed by atoms with E-state index in [9.17, 15) is 0 Å². The second kappa shape index (κ2) is 4.36. The van der Waals surface area contributed by atoms with Crippen LogP contribution in [0.25, 0.3) is 6.08 Å². The van der Waals surface area contributed by atoms with Crippen molar-refractivity contribution in [1.29, 1.82) is 0 Å². The third-order valence-corrected chi connectivity index (χ3v) is 1.86. The lowest BCUT2D eigenvalue weighted by molar-refractivity contribution is 1.07. The molecule has 1 aromatic rings. The van der Waals surface area contributed by atoms with Crippen LogP contribution >= 0.6 is 15.9 Å². The van der Waals surface area contributed by atoms with Crippen molar-refractivity contribution in [2.75, 3.05) is 0 Å². The van der Waals surface area contributed by atoms with E-state index in [4.69, 9.17) is 0 Å². The quantitative estimate of drug-likeness (QED) is 0.776. The molecule has 0 unspecified atom stereocenters. The summed E-state index contributed by atoms with van der Waals surface area (Å²) >= 11 is 3.28. The van der Waals surface area contributed by atoms with Crippen molar-refractivity contribution in [3.63, 3.8) is 0 Å². The topological polar surface area (TPSA) is 25.8 Å². The van der Waals surface area contributed by atoms with E-state index in [1.165, 1.54) is 0 Å². The Balaban J connectivity index is 2.97. The molecule has 2 nitrogen and oxygen atoms in total. The van der Waals surface area contributed by atoms with E-state index in [1.807, 2.05) is 13.0 Å². The summed E-state index contributed by atoms with van der Waals surface area (Å²) in [4.78, 5) is 8.45. The van der Waals surface area contributed by atoms with Crippen LogP contribution in [0.15, 0.2) is 16.9 Å². The zero-order valence-electron chi connectivity index (χ0n) is 7.21. The molecule has 0 aliphatic carbocycles. The predicted octanol–water partition coefficient (Wildman–Crippen LogP) is 2.97. The highest BCUT2D eigenvalue weighted by Gasteiger charge is 1.96. The lowest BCUT2D eigenvalue weighted by Crippen LogP contribution is -1.90. The van der Waals surface area contributed by atoms with Crippen molar-refractivity contribution in [2.24, 2.45) is 0 Å². The van der Waals surface area contributed by atoms with Gasteiger partial charge in [-0.2, -0.15) is 0 Å². The second-order valence-electron chi connectivity index (χ2n) is 2.47. The van der Waals surface area contributed by atoms with Gasteiger partial charge in [0, 0.05) is 0 Å². The van der Waals surface area contributed by atoms with E-state index in [0.717, 1.165) is 22.4 Å². The Morgan fingerprint density at radius 1 is 1.58 bits per heavy atom. The second-order valence-corrected chi connectivity index (χ2v) is 3.29. The Hall–Kier alpha value is -0.700. The number of aryl methyl sites for hydroxylation is 1. The number of halogens is 1. The minimum atomic E-state index is 0.781. The molecule has 0 spiro atoms. The molecule has 0 saturated carbocycles. The number of nitrogens with zero attached hydrogens (tertiary/aromatic N) is 2. The first kappa shape index (κ1) is 9.39. The molecule has 0 amide bonds. The average Bonchev–Trinajstić information content (AvgIpc) is 2.07. The third kappa shape index (κ3) is 2.41. The van der Waals surface area contributed by atoms with Gasteiger partial charge in [0.15, 0.2) is 0 Å². The summed E-state index contributed by atoms with van der Waals surface area (Å²) in [5.41, 5.74) is 1.90. The van der Waals surface area contributed by atoms with Crippen LogP contribution in [0.5, 0.6) is 0 Å². The molecule has 0 atom stereocenters. The molecule has 1 aromatic heterocycles. The summed E-state index contributed by atoms with van der Waals surface area (Å²) in [5, 5.41) is 0. The third-order valence-electron chi connectivity index (χ3n) is 1.47. The lowest BCUT2D eigenvalue weighted by atomic mass is 10.3. The van der Waals surface area contributed by atoms with Crippen LogP contribution < -0.4 is 0 Å². The fraction of sp³-hybridized carbons (Fsp3) is 0.333. The van der Waals surface area contributed by atoms with Gasteiger partial charge < -0.3 is 0 Å². The molecular weight excluding hydrogens is 216 g/mol. The fourth-order valence-corrected chi connectivity index (χ4v) is 1.12. The minimum Gasteiger partial charge on any atom is -0.257 e. The molecule has 64 valence electrons. The number of hydrogen-bond acceptors (Lipinski definition) is 2. The smallest absolute Gasteiger partial charge is 0.125 e. The summed E-state index contributed by atoms with van der Waals surface area (Å²) in [6, 6.07) is 0. The van der Waals surface area contributed by atoms with Crippen LogP contribution in [0.3, 0.4) is 0 Å². The molecule has 3 heteroatoms. The Kier molecular flexibility index (Phi) is 3.41. The van der Waals surface area contributed by atoms with E-state index in [-0.39, 0.29) is 0 Å². The summed E-state index contributed by atoms with van der Waals surface area (Å²) in [6.07, 6.45) is 6.79. The van der Waals surface area contributed by atoms with Crippen LogP contribution in [-0.2, 0) is 0 Å². The maximum atomic E-state index is 4.28. The molecule has 0 bridgehead atoms. The SMILES string of the molecule is CC/C=C\c1nc(Br)cnc1C. The summed E-state index contributed by atoms with van der Waals surface area (Å²) in [6.45, 7) is 4.05. The van der Waals surface area contributed by atoms with Crippen LogP contribution in [0.1, 0.15) is 24.7 Å². The van der Waals surface area contributed by atoms with Gasteiger partial charge in [0.05, 0.1) is 17.6 Å². The highest BCUT2D eigenvalue weighted by molar-refractivity contribution is 9.10. The van der Waals surface area contributed by atoms with Crippen molar-refractivity contribution < 1.29 is 0 Å². The van der Waals surface area contributed by atoms with Crippen molar-refractivity contribution >= 4 is 22.0 Å². The van der Waals surface area contributed by atoms with Gasteiger partial charge >= 0.3 is 0 Å². The molecule has 0 saturated heterocycles. The first-order chi connectivity index (χ1) is 5.74. The number of rotatable bonds is 2. The Morgan fingerprint density at radius 3 is 3.00 bits per heavy atom. The predicted molar refractivity (Wildman–Crippen MR) is 53.8 cm³/mol. The zero-order valence-corrected chi connectivity index (χ0v) is 8.80. The maximum Gasteiger partial charge on any atom is 0.125 e. The van der Waals surface area contributed by atoms with Gasteiger partial charge in [-0.25, -0.2) is 4.98 Å². The molecule has 0 aliphatic rings. The Labute approximate surface area is 80.9 Å². The normalized spacial score (nSPS) is 10.9. The zero-order chi connectivity index (χ0) is 8.97. The van der Waals surface area contributed by atoms with Gasteiger partial charge in [0.25, 0.3) is 0 Å². The first-order valence-electron chi connectivity index (χ1n) is 3.89. The molecule has 1 heterocycles. The molecule has 0 N–H and O–H groups in total. The van der Waals surface area contributed by atoms with E-state index in [0.29, 0.717) is 0 Å². The van der Waals surface area contributed by atoms with Crippen LogP contribution in [0, 0.1) is 6.92 Å². The van der Waals surface area contributed by atoms with Gasteiger partial charge in [-0.15, -0.1) is 0 Å². The standard InChI is InChI=1S/C9H11BrN2/c1-3-4-5-8-7(2)11-6-9(10)12-8/h4-6H,3H2,1-2H3/b5-4-. The van der Waals surface area contributed by atoms with Gasteiger partial charge in [0.2, 0.25) is 0 Å².